The summed E-state index contributed by atoms with van der Waals surface area (Å²) < 4.78 is 10.9. The fraction of sp³-hybridized carbons (Fsp3) is 0.875. The highest BCUT2D eigenvalue weighted by Crippen LogP contribution is 2.31. The minimum atomic E-state index is -1.11. The van der Waals surface area contributed by atoms with Gasteiger partial charge in [-0.2, -0.15) is 0 Å². The molecule has 2 aliphatic rings. The van der Waals surface area contributed by atoms with E-state index in [1.807, 2.05) is 0 Å². The van der Waals surface area contributed by atoms with Crippen LogP contribution in [0.3, 0.4) is 0 Å². The van der Waals surface area contributed by atoms with Crippen molar-refractivity contribution in [2.75, 3.05) is 6.54 Å². The van der Waals surface area contributed by atoms with Gasteiger partial charge in [0.1, 0.15) is 12.2 Å². The van der Waals surface area contributed by atoms with Gasteiger partial charge in [-0.15, -0.1) is 0 Å². The van der Waals surface area contributed by atoms with Crippen LogP contribution in [0.15, 0.2) is 0 Å². The number of hydrogen-bond acceptors (Lipinski definition) is 4. The Balaban J connectivity index is 2.15. The summed E-state index contributed by atoms with van der Waals surface area (Å²) in [5, 5.41) is 12.0. The van der Waals surface area contributed by atoms with E-state index in [1.54, 1.807) is 13.8 Å². The molecule has 2 rings (SSSR count). The lowest BCUT2D eigenvalue weighted by atomic mass is 10.0. The van der Waals surface area contributed by atoms with Gasteiger partial charge < -0.3 is 19.9 Å². The largest absolute Gasteiger partial charge is 0.380 e. The van der Waals surface area contributed by atoms with Crippen LogP contribution in [0.5, 0.6) is 0 Å². The maximum Gasteiger partial charge on any atom is 0.251 e. The molecule has 0 aromatic heterocycles. The Morgan fingerprint density at radius 3 is 2.92 bits per heavy atom. The summed E-state index contributed by atoms with van der Waals surface area (Å²) in [7, 11) is 0. The van der Waals surface area contributed by atoms with Crippen LogP contribution < -0.4 is 5.32 Å². The molecule has 2 heterocycles. The number of aliphatic hydroxyl groups excluding tert-OH is 1. The van der Waals surface area contributed by atoms with Gasteiger partial charge in [-0.05, 0) is 13.8 Å². The van der Waals surface area contributed by atoms with Gasteiger partial charge in [0.25, 0.3) is 5.91 Å². The molecule has 2 N–H and O–H groups in total. The van der Waals surface area contributed by atoms with E-state index in [1.165, 1.54) is 0 Å². The summed E-state index contributed by atoms with van der Waals surface area (Å²) in [4.78, 5) is 11.1. The van der Waals surface area contributed by atoms with Crippen LogP contribution in [-0.4, -0.2) is 41.7 Å². The molecule has 74 valence electrons. The second kappa shape index (κ2) is 2.67. The SMILES string of the molecule is CC1(C)O[C@H]2[C@H](O)C(=O)NC[C@H]2O1. The molecule has 0 spiro atoms. The predicted octanol–water partition coefficient (Wildman–Crippen LogP) is -1.00. The number of fused-ring (bicyclic) bond motifs is 1. The van der Waals surface area contributed by atoms with Crippen molar-refractivity contribution in [2.24, 2.45) is 0 Å². The van der Waals surface area contributed by atoms with Crippen LogP contribution in [0.2, 0.25) is 0 Å². The lowest BCUT2D eigenvalue weighted by Crippen LogP contribution is -2.55. The molecule has 0 bridgehead atoms. The van der Waals surface area contributed by atoms with Crippen LogP contribution >= 0.6 is 0 Å². The molecule has 0 aromatic rings. The zero-order valence-electron chi connectivity index (χ0n) is 7.61. The quantitative estimate of drug-likeness (QED) is 0.510. The molecule has 0 saturated carbocycles. The Labute approximate surface area is 76.0 Å². The second-order valence-electron chi connectivity index (χ2n) is 3.83. The van der Waals surface area contributed by atoms with Crippen LogP contribution in [0, 0.1) is 0 Å². The lowest BCUT2D eigenvalue weighted by molar-refractivity contribution is -0.157. The maximum atomic E-state index is 11.1. The number of hydrogen-bond donors (Lipinski definition) is 2. The Hall–Kier alpha value is -0.650. The topological polar surface area (TPSA) is 67.8 Å². The first kappa shape index (κ1) is 8.93. The number of piperidine rings is 1. The van der Waals surface area contributed by atoms with Crippen LogP contribution in [0.25, 0.3) is 0 Å². The van der Waals surface area contributed by atoms with E-state index >= 15 is 0 Å². The first-order valence-electron chi connectivity index (χ1n) is 4.31. The Morgan fingerprint density at radius 2 is 2.23 bits per heavy atom. The zero-order chi connectivity index (χ0) is 9.64. The smallest absolute Gasteiger partial charge is 0.251 e. The molecule has 2 saturated heterocycles. The first-order chi connectivity index (χ1) is 5.99. The second-order valence-corrected chi connectivity index (χ2v) is 3.83. The molecule has 13 heavy (non-hydrogen) atoms. The van der Waals surface area contributed by atoms with E-state index in [0.29, 0.717) is 6.54 Å². The van der Waals surface area contributed by atoms with Gasteiger partial charge in [0.05, 0.1) is 0 Å². The highest BCUT2D eigenvalue weighted by Gasteiger charge is 2.49. The standard InChI is InChI=1S/C8H13NO4/c1-8(2)12-4-3-9-7(11)5(10)6(4)13-8/h4-6,10H,3H2,1-2H3,(H,9,11)/t4-,5+,6-/m1/s1. The summed E-state index contributed by atoms with van der Waals surface area (Å²) in [5.74, 6) is -1.09. The molecule has 0 aliphatic carbocycles. The molecule has 2 fully saturated rings. The number of ether oxygens (including phenoxy) is 2. The number of carbonyl (C=O) groups is 1. The van der Waals surface area contributed by atoms with E-state index in [-0.39, 0.29) is 12.0 Å². The summed E-state index contributed by atoms with van der Waals surface area (Å²) in [6, 6.07) is 0. The van der Waals surface area contributed by atoms with Crippen LogP contribution in [0.1, 0.15) is 13.8 Å². The molecule has 0 aromatic carbocycles. The molecular weight excluding hydrogens is 174 g/mol. The van der Waals surface area contributed by atoms with E-state index < -0.39 is 18.0 Å². The third-order valence-corrected chi connectivity index (χ3v) is 2.28. The highest BCUT2D eigenvalue weighted by atomic mass is 16.8. The average molecular weight is 187 g/mol. The molecule has 1 amide bonds. The molecular formula is C8H13NO4. The normalized spacial score (nSPS) is 42.7. The van der Waals surface area contributed by atoms with Crippen molar-refractivity contribution < 1.29 is 19.4 Å². The fourth-order valence-corrected chi connectivity index (χ4v) is 1.74. The number of amides is 1. The van der Waals surface area contributed by atoms with Gasteiger partial charge in [-0.25, -0.2) is 0 Å². The van der Waals surface area contributed by atoms with Gasteiger partial charge in [-0.3, -0.25) is 4.79 Å². The Morgan fingerprint density at radius 1 is 1.54 bits per heavy atom. The van der Waals surface area contributed by atoms with E-state index in [2.05, 4.69) is 5.32 Å². The Kier molecular flexibility index (Phi) is 1.83. The molecule has 5 heteroatoms. The lowest BCUT2D eigenvalue weighted by Gasteiger charge is -2.26. The summed E-state index contributed by atoms with van der Waals surface area (Å²) in [5.41, 5.74) is 0. The summed E-state index contributed by atoms with van der Waals surface area (Å²) >= 11 is 0. The van der Waals surface area contributed by atoms with Crippen LogP contribution in [-0.2, 0) is 14.3 Å². The van der Waals surface area contributed by atoms with E-state index in [0.717, 1.165) is 0 Å². The fourth-order valence-electron chi connectivity index (χ4n) is 1.74. The molecule has 0 unspecified atom stereocenters. The van der Waals surface area contributed by atoms with Crippen molar-refractivity contribution in [3.05, 3.63) is 0 Å². The van der Waals surface area contributed by atoms with Gasteiger partial charge in [0.2, 0.25) is 0 Å². The minimum Gasteiger partial charge on any atom is -0.380 e. The summed E-state index contributed by atoms with van der Waals surface area (Å²) in [6.45, 7) is 3.94. The molecule has 2 aliphatic heterocycles. The maximum absolute atomic E-state index is 11.1. The highest BCUT2D eigenvalue weighted by molar-refractivity contribution is 5.82. The van der Waals surface area contributed by atoms with Crippen molar-refractivity contribution in [3.8, 4) is 0 Å². The van der Waals surface area contributed by atoms with Crippen LogP contribution in [0.4, 0.5) is 0 Å². The minimum absolute atomic E-state index is 0.234. The van der Waals surface area contributed by atoms with Crippen molar-refractivity contribution in [2.45, 2.75) is 37.9 Å². The van der Waals surface area contributed by atoms with Crippen molar-refractivity contribution in [3.63, 3.8) is 0 Å². The molecule has 3 atom stereocenters. The van der Waals surface area contributed by atoms with Crippen molar-refractivity contribution in [1.82, 2.24) is 5.32 Å². The van der Waals surface area contributed by atoms with Crippen molar-refractivity contribution >= 4 is 5.91 Å². The number of rotatable bonds is 0. The monoisotopic (exact) mass is 187 g/mol. The average Bonchev–Trinajstić information content (AvgIpc) is 2.34. The summed E-state index contributed by atoms with van der Waals surface area (Å²) in [6.07, 6.45) is -1.87. The number of carbonyl (C=O) groups excluding carboxylic acids is 1. The van der Waals surface area contributed by atoms with Gasteiger partial charge in [0, 0.05) is 6.54 Å². The number of nitrogens with one attached hydrogen (secondary N) is 1. The zero-order valence-corrected chi connectivity index (χ0v) is 7.61. The Bertz CT molecular complexity index is 240. The van der Waals surface area contributed by atoms with Gasteiger partial charge in [0.15, 0.2) is 11.9 Å². The third kappa shape index (κ3) is 1.43. The predicted molar refractivity (Wildman–Crippen MR) is 42.8 cm³/mol. The van der Waals surface area contributed by atoms with E-state index in [4.69, 9.17) is 9.47 Å². The first-order valence-corrected chi connectivity index (χ1v) is 4.31. The number of aliphatic hydroxyl groups is 1. The molecule has 0 radical (unpaired) electrons. The van der Waals surface area contributed by atoms with Gasteiger partial charge >= 0.3 is 0 Å². The molecule has 5 nitrogen and oxygen atoms in total. The van der Waals surface area contributed by atoms with Crippen molar-refractivity contribution in [1.29, 1.82) is 0 Å². The van der Waals surface area contributed by atoms with Gasteiger partial charge in [-0.1, -0.05) is 0 Å². The van der Waals surface area contributed by atoms with E-state index in [9.17, 15) is 9.90 Å². The third-order valence-electron chi connectivity index (χ3n) is 2.28.